The van der Waals surface area contributed by atoms with Crippen molar-refractivity contribution in [3.63, 3.8) is 0 Å². The van der Waals surface area contributed by atoms with E-state index >= 15 is 0 Å². The van der Waals surface area contributed by atoms with Crippen LogP contribution in [-0.4, -0.2) is 60.8 Å². The first-order valence-electron chi connectivity index (χ1n) is 9.34. The normalized spacial score (nSPS) is 19.3. The number of piperazine rings is 1. The highest BCUT2D eigenvalue weighted by atomic mass is 16.6. The number of rotatable bonds is 5. The lowest BCUT2D eigenvalue weighted by molar-refractivity contribution is 0.0700. The largest absolute Gasteiger partial charge is 0.486 e. The van der Waals surface area contributed by atoms with Gasteiger partial charge in [0.15, 0.2) is 11.5 Å². The number of hydrogen-bond donors (Lipinski definition) is 1. The number of benzene rings is 2. The summed E-state index contributed by atoms with van der Waals surface area (Å²) in [6.07, 6.45) is -0.416. The summed E-state index contributed by atoms with van der Waals surface area (Å²) in [4.78, 5) is 4.80. The predicted octanol–water partition coefficient (Wildman–Crippen LogP) is 2.31. The van der Waals surface area contributed by atoms with Gasteiger partial charge in [-0.15, -0.1) is 0 Å². The summed E-state index contributed by atoms with van der Waals surface area (Å²) < 4.78 is 11.3. The molecule has 5 heteroatoms. The highest BCUT2D eigenvalue weighted by Crippen LogP contribution is 2.31. The Morgan fingerprint density at radius 1 is 0.846 bits per heavy atom. The highest BCUT2D eigenvalue weighted by Gasteiger charge is 2.20. The van der Waals surface area contributed by atoms with E-state index in [4.69, 9.17) is 9.47 Å². The van der Waals surface area contributed by atoms with Gasteiger partial charge < -0.3 is 14.6 Å². The first kappa shape index (κ1) is 17.3. The Morgan fingerprint density at radius 3 is 2.31 bits per heavy atom. The van der Waals surface area contributed by atoms with Gasteiger partial charge in [-0.3, -0.25) is 9.80 Å². The van der Waals surface area contributed by atoms with Gasteiger partial charge in [-0.2, -0.15) is 0 Å². The first-order chi connectivity index (χ1) is 12.8. The molecule has 0 unspecified atom stereocenters. The van der Waals surface area contributed by atoms with E-state index in [2.05, 4.69) is 21.9 Å². The van der Waals surface area contributed by atoms with Crippen LogP contribution in [0.1, 0.15) is 17.2 Å². The number of aliphatic hydroxyl groups excluding tert-OH is 1. The fourth-order valence-electron chi connectivity index (χ4n) is 3.60. The fourth-order valence-corrected chi connectivity index (χ4v) is 3.60. The molecule has 2 aromatic rings. The summed E-state index contributed by atoms with van der Waals surface area (Å²) in [7, 11) is 0. The third-order valence-electron chi connectivity index (χ3n) is 5.09. The SMILES string of the molecule is O[C@H](CN1CCN(Cc2ccc3c(c2)OCCO3)CC1)c1ccccc1. The molecule has 26 heavy (non-hydrogen) atoms. The maximum Gasteiger partial charge on any atom is 0.161 e. The van der Waals surface area contributed by atoms with E-state index in [0.29, 0.717) is 19.8 Å². The smallest absolute Gasteiger partial charge is 0.161 e. The summed E-state index contributed by atoms with van der Waals surface area (Å²) in [5.74, 6) is 1.71. The van der Waals surface area contributed by atoms with Gasteiger partial charge in [-0.05, 0) is 23.3 Å². The van der Waals surface area contributed by atoms with Crippen LogP contribution in [0.15, 0.2) is 48.5 Å². The number of β-amino-alcohol motifs (C(OH)–C–C–N with tert-alkyl or cyclic N) is 1. The van der Waals surface area contributed by atoms with Crippen LogP contribution in [0.4, 0.5) is 0 Å². The molecule has 5 nitrogen and oxygen atoms in total. The number of ether oxygens (including phenoxy) is 2. The number of fused-ring (bicyclic) bond motifs is 1. The Kier molecular flexibility index (Phi) is 5.39. The van der Waals surface area contributed by atoms with E-state index in [9.17, 15) is 5.11 Å². The van der Waals surface area contributed by atoms with Gasteiger partial charge in [0.25, 0.3) is 0 Å². The van der Waals surface area contributed by atoms with Gasteiger partial charge in [0, 0.05) is 39.3 Å². The van der Waals surface area contributed by atoms with Crippen LogP contribution in [0.25, 0.3) is 0 Å². The molecule has 1 fully saturated rings. The lowest BCUT2D eigenvalue weighted by Crippen LogP contribution is -2.47. The molecular formula is C21H26N2O3. The lowest BCUT2D eigenvalue weighted by Gasteiger charge is -2.35. The van der Waals surface area contributed by atoms with Crippen molar-refractivity contribution in [2.24, 2.45) is 0 Å². The third-order valence-corrected chi connectivity index (χ3v) is 5.09. The fraction of sp³-hybridized carbons (Fsp3) is 0.429. The summed E-state index contributed by atoms with van der Waals surface area (Å²) in [6, 6.07) is 16.1. The van der Waals surface area contributed by atoms with Crippen LogP contribution in [0.5, 0.6) is 11.5 Å². The monoisotopic (exact) mass is 354 g/mol. The van der Waals surface area contributed by atoms with Crippen LogP contribution in [0.2, 0.25) is 0 Å². The summed E-state index contributed by atoms with van der Waals surface area (Å²) >= 11 is 0. The molecule has 0 aromatic heterocycles. The Hall–Kier alpha value is -2.08. The number of hydrogen-bond acceptors (Lipinski definition) is 5. The molecule has 1 N–H and O–H groups in total. The average Bonchev–Trinajstić information content (AvgIpc) is 2.70. The molecule has 0 spiro atoms. The number of nitrogens with zero attached hydrogens (tertiary/aromatic N) is 2. The zero-order valence-corrected chi connectivity index (χ0v) is 15.0. The molecule has 0 bridgehead atoms. The van der Waals surface area contributed by atoms with Gasteiger partial charge in [-0.1, -0.05) is 36.4 Å². The molecular weight excluding hydrogens is 328 g/mol. The van der Waals surface area contributed by atoms with Crippen molar-refractivity contribution < 1.29 is 14.6 Å². The Morgan fingerprint density at radius 2 is 1.54 bits per heavy atom. The Labute approximate surface area is 154 Å². The van der Waals surface area contributed by atoms with Crippen molar-refractivity contribution in [3.05, 3.63) is 59.7 Å². The average molecular weight is 354 g/mol. The molecule has 4 rings (SSSR count). The van der Waals surface area contributed by atoms with Crippen LogP contribution in [-0.2, 0) is 6.54 Å². The zero-order chi connectivity index (χ0) is 17.8. The Bertz CT molecular complexity index is 714. The predicted molar refractivity (Wildman–Crippen MR) is 101 cm³/mol. The van der Waals surface area contributed by atoms with Crippen molar-refractivity contribution in [1.82, 2.24) is 9.80 Å². The standard InChI is InChI=1S/C21H26N2O3/c24-19(18-4-2-1-3-5-18)16-23-10-8-22(9-11-23)15-17-6-7-20-21(14-17)26-13-12-25-20/h1-7,14,19,24H,8-13,15-16H2/t19-/m1/s1. The van der Waals surface area contributed by atoms with Gasteiger partial charge in [0.2, 0.25) is 0 Å². The second-order valence-corrected chi connectivity index (χ2v) is 6.98. The molecule has 2 heterocycles. The molecule has 0 saturated carbocycles. The second kappa shape index (κ2) is 8.08. The van der Waals surface area contributed by atoms with Crippen LogP contribution >= 0.6 is 0 Å². The highest BCUT2D eigenvalue weighted by molar-refractivity contribution is 5.43. The second-order valence-electron chi connectivity index (χ2n) is 6.98. The van der Waals surface area contributed by atoms with Crippen LogP contribution in [0, 0.1) is 0 Å². The summed E-state index contributed by atoms with van der Waals surface area (Å²) in [5, 5.41) is 10.4. The minimum atomic E-state index is -0.416. The lowest BCUT2D eigenvalue weighted by atomic mass is 10.1. The molecule has 138 valence electrons. The van der Waals surface area contributed by atoms with E-state index in [0.717, 1.165) is 49.8 Å². The van der Waals surface area contributed by atoms with Gasteiger partial charge in [-0.25, -0.2) is 0 Å². The van der Waals surface area contributed by atoms with Crippen molar-refractivity contribution >= 4 is 0 Å². The third kappa shape index (κ3) is 4.18. The number of aliphatic hydroxyl groups is 1. The van der Waals surface area contributed by atoms with Crippen molar-refractivity contribution in [2.45, 2.75) is 12.6 Å². The van der Waals surface area contributed by atoms with Crippen molar-refractivity contribution in [3.8, 4) is 11.5 Å². The quantitative estimate of drug-likeness (QED) is 0.893. The molecule has 0 amide bonds. The summed E-state index contributed by atoms with van der Waals surface area (Å²) in [6.45, 7) is 6.85. The molecule has 2 aromatic carbocycles. The first-order valence-corrected chi connectivity index (χ1v) is 9.34. The van der Waals surface area contributed by atoms with Crippen molar-refractivity contribution in [1.29, 1.82) is 0 Å². The molecule has 1 atom stereocenters. The minimum Gasteiger partial charge on any atom is -0.486 e. The van der Waals surface area contributed by atoms with Gasteiger partial charge in [0.05, 0.1) is 6.10 Å². The molecule has 0 aliphatic carbocycles. The summed E-state index contributed by atoms with van der Waals surface area (Å²) in [5.41, 5.74) is 2.25. The molecule has 2 aliphatic heterocycles. The molecule has 1 saturated heterocycles. The van der Waals surface area contributed by atoms with Crippen LogP contribution in [0.3, 0.4) is 0 Å². The topological polar surface area (TPSA) is 45.2 Å². The minimum absolute atomic E-state index is 0.416. The van der Waals surface area contributed by atoms with Gasteiger partial charge in [0.1, 0.15) is 13.2 Å². The van der Waals surface area contributed by atoms with E-state index < -0.39 is 6.10 Å². The van der Waals surface area contributed by atoms with E-state index in [1.165, 1.54) is 5.56 Å². The maximum absolute atomic E-state index is 10.4. The maximum atomic E-state index is 10.4. The molecule has 2 aliphatic rings. The van der Waals surface area contributed by atoms with E-state index in [-0.39, 0.29) is 0 Å². The van der Waals surface area contributed by atoms with Gasteiger partial charge >= 0.3 is 0 Å². The molecule has 0 radical (unpaired) electrons. The van der Waals surface area contributed by atoms with Crippen molar-refractivity contribution in [2.75, 3.05) is 45.9 Å². The van der Waals surface area contributed by atoms with E-state index in [1.54, 1.807) is 0 Å². The van der Waals surface area contributed by atoms with E-state index in [1.807, 2.05) is 36.4 Å². The Balaban J connectivity index is 1.27. The zero-order valence-electron chi connectivity index (χ0n) is 15.0. The van der Waals surface area contributed by atoms with Crippen LogP contribution < -0.4 is 9.47 Å².